The second kappa shape index (κ2) is 5.28. The Hall–Kier alpha value is -0.0800. The van der Waals surface area contributed by atoms with Crippen LogP contribution in [-0.4, -0.2) is 29.1 Å². The molecular formula is C18H32N2. The van der Waals surface area contributed by atoms with Crippen molar-refractivity contribution in [2.75, 3.05) is 0 Å². The lowest BCUT2D eigenvalue weighted by molar-refractivity contribution is -0.0445. The maximum absolute atomic E-state index is 6.30. The van der Waals surface area contributed by atoms with Crippen molar-refractivity contribution in [3.05, 3.63) is 0 Å². The SMILES string of the molecule is CC1C[C@@H]2C[C@H](C1)C[C@@H](N1[C@@H]3CCC[C@H]1C[C@@H](N)C3)C2. The van der Waals surface area contributed by atoms with E-state index in [2.05, 4.69) is 11.8 Å². The van der Waals surface area contributed by atoms with Crippen molar-refractivity contribution in [3.63, 3.8) is 0 Å². The van der Waals surface area contributed by atoms with Crippen molar-refractivity contribution in [2.24, 2.45) is 23.5 Å². The predicted octanol–water partition coefficient (Wildman–Crippen LogP) is 3.55. The van der Waals surface area contributed by atoms with Crippen LogP contribution >= 0.6 is 0 Å². The van der Waals surface area contributed by atoms with Gasteiger partial charge in [0, 0.05) is 24.2 Å². The van der Waals surface area contributed by atoms with Gasteiger partial charge in [-0.15, -0.1) is 0 Å². The first-order valence-corrected chi connectivity index (χ1v) is 9.22. The highest BCUT2D eigenvalue weighted by molar-refractivity contribution is 5.00. The standard InChI is InChI=1S/C18H32N2/c1-12-5-13-7-14(6-12)9-18(8-13)20-16-3-2-4-17(20)11-15(19)10-16/h12-18H,2-11,19H2,1H3/t12?,13-,14+,15-,16+,17-,18+. The Morgan fingerprint density at radius 1 is 0.750 bits per heavy atom. The Balaban J connectivity index is 1.50. The van der Waals surface area contributed by atoms with Crippen LogP contribution in [0.25, 0.3) is 0 Å². The van der Waals surface area contributed by atoms with Gasteiger partial charge in [0.15, 0.2) is 0 Å². The summed E-state index contributed by atoms with van der Waals surface area (Å²) in [6.45, 7) is 2.48. The highest BCUT2D eigenvalue weighted by atomic mass is 15.2. The van der Waals surface area contributed by atoms with Crippen LogP contribution in [0.5, 0.6) is 0 Å². The Morgan fingerprint density at radius 3 is 1.95 bits per heavy atom. The molecule has 2 aliphatic heterocycles. The van der Waals surface area contributed by atoms with Crippen LogP contribution in [0, 0.1) is 17.8 Å². The molecule has 1 unspecified atom stereocenters. The number of piperidine rings is 2. The van der Waals surface area contributed by atoms with Crippen LogP contribution in [0.3, 0.4) is 0 Å². The lowest BCUT2D eigenvalue weighted by atomic mass is 9.65. The maximum Gasteiger partial charge on any atom is 0.0116 e. The van der Waals surface area contributed by atoms with Gasteiger partial charge in [0.25, 0.3) is 0 Å². The fourth-order valence-corrected chi connectivity index (χ4v) is 6.45. The number of rotatable bonds is 1. The van der Waals surface area contributed by atoms with Gasteiger partial charge in [0.2, 0.25) is 0 Å². The zero-order valence-electron chi connectivity index (χ0n) is 13.1. The van der Waals surface area contributed by atoms with E-state index in [1.54, 1.807) is 6.42 Å². The average molecular weight is 276 g/mol. The molecule has 20 heavy (non-hydrogen) atoms. The quantitative estimate of drug-likeness (QED) is 0.793. The van der Waals surface area contributed by atoms with E-state index in [-0.39, 0.29) is 0 Å². The third kappa shape index (κ3) is 2.43. The number of nitrogens with two attached hydrogens (primary N) is 1. The second-order valence-corrected chi connectivity index (χ2v) is 8.59. The maximum atomic E-state index is 6.30. The van der Waals surface area contributed by atoms with Crippen molar-refractivity contribution in [2.45, 2.75) is 95.3 Å². The molecule has 2 nitrogen and oxygen atoms in total. The van der Waals surface area contributed by atoms with Crippen molar-refractivity contribution in [3.8, 4) is 0 Å². The average Bonchev–Trinajstić information content (AvgIpc) is 2.35. The summed E-state index contributed by atoms with van der Waals surface area (Å²) in [5.74, 6) is 3.08. The van der Waals surface area contributed by atoms with Crippen molar-refractivity contribution in [1.82, 2.24) is 4.90 Å². The molecule has 7 atom stereocenters. The van der Waals surface area contributed by atoms with Crippen LogP contribution in [0.2, 0.25) is 0 Å². The molecule has 4 bridgehead atoms. The van der Waals surface area contributed by atoms with E-state index in [0.29, 0.717) is 6.04 Å². The molecular weight excluding hydrogens is 244 g/mol. The van der Waals surface area contributed by atoms with Gasteiger partial charge in [-0.25, -0.2) is 0 Å². The Bertz CT molecular complexity index is 323. The summed E-state index contributed by atoms with van der Waals surface area (Å²) in [5, 5.41) is 0. The fourth-order valence-electron chi connectivity index (χ4n) is 6.45. The molecule has 2 N–H and O–H groups in total. The highest BCUT2D eigenvalue weighted by Gasteiger charge is 2.44. The number of hydrogen-bond donors (Lipinski definition) is 1. The smallest absolute Gasteiger partial charge is 0.0116 e. The Morgan fingerprint density at radius 2 is 1.35 bits per heavy atom. The third-order valence-corrected chi connectivity index (χ3v) is 6.84. The van der Waals surface area contributed by atoms with Gasteiger partial charge < -0.3 is 5.73 Å². The minimum Gasteiger partial charge on any atom is -0.328 e. The molecule has 114 valence electrons. The van der Waals surface area contributed by atoms with Gasteiger partial charge in [0.05, 0.1) is 0 Å². The molecule has 2 saturated carbocycles. The monoisotopic (exact) mass is 276 g/mol. The summed E-state index contributed by atoms with van der Waals surface area (Å²) in [6.07, 6.45) is 14.4. The molecule has 0 aromatic rings. The van der Waals surface area contributed by atoms with Crippen molar-refractivity contribution >= 4 is 0 Å². The predicted molar refractivity (Wildman–Crippen MR) is 83.5 cm³/mol. The van der Waals surface area contributed by atoms with Crippen molar-refractivity contribution < 1.29 is 0 Å². The topological polar surface area (TPSA) is 29.3 Å². The summed E-state index contributed by atoms with van der Waals surface area (Å²) >= 11 is 0. The minimum atomic E-state index is 0.490. The molecule has 4 fully saturated rings. The lowest BCUT2D eigenvalue weighted by Gasteiger charge is -2.55. The van der Waals surface area contributed by atoms with Gasteiger partial charge in [0.1, 0.15) is 0 Å². The number of hydrogen-bond acceptors (Lipinski definition) is 2. The number of fused-ring (bicyclic) bond motifs is 4. The molecule has 0 spiro atoms. The van der Waals surface area contributed by atoms with Crippen LogP contribution in [-0.2, 0) is 0 Å². The first kappa shape index (κ1) is 13.6. The molecule has 0 aromatic heterocycles. The van der Waals surface area contributed by atoms with Gasteiger partial charge in [-0.1, -0.05) is 13.3 Å². The fraction of sp³-hybridized carbons (Fsp3) is 1.00. The van der Waals surface area contributed by atoms with E-state index in [1.807, 2.05) is 0 Å². The van der Waals surface area contributed by atoms with Gasteiger partial charge >= 0.3 is 0 Å². The summed E-state index contributed by atoms with van der Waals surface area (Å²) in [6, 6.07) is 3.07. The summed E-state index contributed by atoms with van der Waals surface area (Å²) < 4.78 is 0. The first-order chi connectivity index (χ1) is 9.69. The molecule has 2 heteroatoms. The van der Waals surface area contributed by atoms with E-state index in [9.17, 15) is 0 Å². The molecule has 2 saturated heterocycles. The van der Waals surface area contributed by atoms with Crippen LogP contribution in [0.15, 0.2) is 0 Å². The molecule has 2 heterocycles. The van der Waals surface area contributed by atoms with Gasteiger partial charge in [-0.3, -0.25) is 4.90 Å². The Labute approximate surface area is 124 Å². The zero-order valence-corrected chi connectivity index (χ0v) is 13.1. The molecule has 0 aromatic carbocycles. The zero-order chi connectivity index (χ0) is 13.7. The highest BCUT2D eigenvalue weighted by Crippen LogP contribution is 2.47. The van der Waals surface area contributed by atoms with E-state index >= 15 is 0 Å². The number of nitrogens with zero attached hydrogens (tertiary/aromatic N) is 1. The van der Waals surface area contributed by atoms with E-state index in [4.69, 9.17) is 5.73 Å². The molecule has 4 rings (SSSR count). The molecule has 2 aliphatic carbocycles. The first-order valence-electron chi connectivity index (χ1n) is 9.22. The molecule has 4 aliphatic rings. The molecule has 0 radical (unpaired) electrons. The van der Waals surface area contributed by atoms with E-state index < -0.39 is 0 Å². The van der Waals surface area contributed by atoms with Crippen LogP contribution < -0.4 is 5.73 Å². The molecule has 0 amide bonds. The van der Waals surface area contributed by atoms with Gasteiger partial charge in [-0.2, -0.15) is 0 Å². The van der Waals surface area contributed by atoms with E-state index in [0.717, 1.165) is 35.9 Å². The van der Waals surface area contributed by atoms with Crippen LogP contribution in [0.1, 0.15) is 71.1 Å². The summed E-state index contributed by atoms with van der Waals surface area (Å²) in [7, 11) is 0. The third-order valence-electron chi connectivity index (χ3n) is 6.84. The van der Waals surface area contributed by atoms with Gasteiger partial charge in [-0.05, 0) is 75.5 Å². The normalized spacial score (nSPS) is 52.8. The summed E-state index contributed by atoms with van der Waals surface area (Å²) in [4.78, 5) is 2.99. The lowest BCUT2D eigenvalue weighted by Crippen LogP contribution is -2.60. The Kier molecular flexibility index (Phi) is 3.58. The van der Waals surface area contributed by atoms with Crippen LogP contribution in [0.4, 0.5) is 0 Å². The summed E-state index contributed by atoms with van der Waals surface area (Å²) in [5.41, 5.74) is 6.30. The largest absolute Gasteiger partial charge is 0.328 e. The minimum absolute atomic E-state index is 0.490. The van der Waals surface area contributed by atoms with E-state index in [1.165, 1.54) is 57.8 Å². The van der Waals surface area contributed by atoms with Crippen molar-refractivity contribution in [1.29, 1.82) is 0 Å². The second-order valence-electron chi connectivity index (χ2n) is 8.59.